The van der Waals surface area contributed by atoms with Gasteiger partial charge in [-0.1, -0.05) is 36.4 Å². The van der Waals surface area contributed by atoms with Gasteiger partial charge in [-0.25, -0.2) is 4.79 Å². The summed E-state index contributed by atoms with van der Waals surface area (Å²) in [5.41, 5.74) is 0.603. The number of hydrogen-bond acceptors (Lipinski definition) is 4. The van der Waals surface area contributed by atoms with Crippen LogP contribution in [0.5, 0.6) is 5.75 Å². The molecule has 0 saturated carbocycles. The van der Waals surface area contributed by atoms with Crippen LogP contribution in [0.3, 0.4) is 0 Å². The van der Waals surface area contributed by atoms with E-state index in [4.69, 9.17) is 4.74 Å². The van der Waals surface area contributed by atoms with Crippen LogP contribution in [-0.4, -0.2) is 23.9 Å². The van der Waals surface area contributed by atoms with Crippen LogP contribution in [0.15, 0.2) is 60.7 Å². The van der Waals surface area contributed by atoms with Crippen molar-refractivity contribution in [2.45, 2.75) is 19.0 Å². The first-order valence-electron chi connectivity index (χ1n) is 9.16. The van der Waals surface area contributed by atoms with Crippen LogP contribution in [-0.2, 0) is 16.9 Å². The van der Waals surface area contributed by atoms with Gasteiger partial charge < -0.3 is 10.1 Å². The van der Waals surface area contributed by atoms with Gasteiger partial charge in [0.1, 0.15) is 11.3 Å². The second kappa shape index (κ2) is 6.95. The zero-order chi connectivity index (χ0) is 20.6. The van der Waals surface area contributed by atoms with Gasteiger partial charge >= 0.3 is 6.03 Å². The van der Waals surface area contributed by atoms with E-state index in [2.05, 4.69) is 11.4 Å². The highest BCUT2D eigenvalue weighted by atomic mass is 16.5. The maximum Gasteiger partial charge on any atom is 0.325 e. The lowest BCUT2D eigenvalue weighted by Crippen LogP contribution is -2.40. The summed E-state index contributed by atoms with van der Waals surface area (Å²) < 4.78 is 5.25. The minimum absolute atomic E-state index is 0.0504. The van der Waals surface area contributed by atoms with E-state index in [1.54, 1.807) is 38.3 Å². The molecular formula is C23H19N3O3. The molecule has 1 fully saturated rings. The minimum atomic E-state index is -1.17. The van der Waals surface area contributed by atoms with E-state index >= 15 is 0 Å². The van der Waals surface area contributed by atoms with E-state index in [0.717, 1.165) is 21.4 Å². The molecule has 0 spiro atoms. The number of methoxy groups -OCH3 is 1. The number of carbonyl (C=O) groups excluding carboxylic acids is 2. The number of rotatable bonds is 4. The number of carbonyl (C=O) groups is 2. The number of nitrogens with zero attached hydrogens (tertiary/aromatic N) is 2. The van der Waals surface area contributed by atoms with Crippen molar-refractivity contribution < 1.29 is 14.3 Å². The monoisotopic (exact) mass is 385 g/mol. The number of hydrogen-bond donors (Lipinski definition) is 1. The van der Waals surface area contributed by atoms with Gasteiger partial charge in [-0.2, -0.15) is 5.26 Å². The van der Waals surface area contributed by atoms with Gasteiger partial charge in [0.2, 0.25) is 0 Å². The van der Waals surface area contributed by atoms with E-state index in [-0.39, 0.29) is 12.5 Å². The average Bonchev–Trinajstić information content (AvgIpc) is 2.97. The first kappa shape index (κ1) is 18.5. The van der Waals surface area contributed by atoms with Crippen LogP contribution in [0, 0.1) is 11.3 Å². The Kier molecular flexibility index (Phi) is 4.44. The highest BCUT2D eigenvalue weighted by Gasteiger charge is 2.49. The Labute approximate surface area is 168 Å². The van der Waals surface area contributed by atoms with Crippen molar-refractivity contribution in [1.82, 2.24) is 10.2 Å². The SMILES string of the molecule is COc1ccc2cc([C@@]3(C)NC(=O)N(Cc4ccccc4C#N)C3=O)ccc2c1. The highest BCUT2D eigenvalue weighted by molar-refractivity contribution is 6.07. The zero-order valence-electron chi connectivity index (χ0n) is 16.1. The topological polar surface area (TPSA) is 82.4 Å². The number of nitriles is 1. The summed E-state index contributed by atoms with van der Waals surface area (Å²) in [4.78, 5) is 27.0. The summed E-state index contributed by atoms with van der Waals surface area (Å²) in [6.07, 6.45) is 0. The average molecular weight is 385 g/mol. The molecule has 3 aromatic carbocycles. The lowest BCUT2D eigenvalue weighted by atomic mass is 9.90. The molecule has 6 heteroatoms. The van der Waals surface area contributed by atoms with Crippen LogP contribution >= 0.6 is 0 Å². The summed E-state index contributed by atoms with van der Waals surface area (Å²) in [6.45, 7) is 1.75. The molecule has 0 radical (unpaired) electrons. The van der Waals surface area contributed by atoms with Crippen LogP contribution in [0.4, 0.5) is 4.79 Å². The van der Waals surface area contributed by atoms with Crippen molar-refractivity contribution in [2.75, 3.05) is 7.11 Å². The van der Waals surface area contributed by atoms with E-state index in [0.29, 0.717) is 16.7 Å². The molecule has 1 aliphatic heterocycles. The molecule has 3 amide bonds. The molecule has 29 heavy (non-hydrogen) atoms. The van der Waals surface area contributed by atoms with Crippen molar-refractivity contribution in [3.05, 3.63) is 77.4 Å². The standard InChI is InChI=1S/C23H19N3O3/c1-23(19-9-7-16-12-20(29-2)10-8-15(16)11-19)21(27)26(22(28)25-23)14-18-6-4-3-5-17(18)13-24/h3-12H,14H2,1-2H3,(H,25,28)/t23-/m1/s1. The largest absolute Gasteiger partial charge is 0.497 e. The van der Waals surface area contributed by atoms with Crippen molar-refractivity contribution in [2.24, 2.45) is 0 Å². The van der Waals surface area contributed by atoms with Crippen molar-refractivity contribution in [1.29, 1.82) is 5.26 Å². The van der Waals surface area contributed by atoms with Gasteiger partial charge in [0, 0.05) is 0 Å². The zero-order valence-corrected chi connectivity index (χ0v) is 16.1. The molecule has 3 aromatic rings. The van der Waals surface area contributed by atoms with Crippen LogP contribution < -0.4 is 10.1 Å². The summed E-state index contributed by atoms with van der Waals surface area (Å²) in [5, 5.41) is 14.0. The summed E-state index contributed by atoms with van der Waals surface area (Å²) >= 11 is 0. The summed E-state index contributed by atoms with van der Waals surface area (Å²) in [6, 6.07) is 19.9. The predicted octanol–water partition coefficient (Wildman–Crippen LogP) is 3.69. The minimum Gasteiger partial charge on any atom is -0.497 e. The fourth-order valence-electron chi connectivity index (χ4n) is 3.64. The number of ether oxygens (including phenoxy) is 1. The molecule has 0 aromatic heterocycles. The number of urea groups is 1. The maximum atomic E-state index is 13.2. The Hall–Kier alpha value is -3.85. The number of nitrogens with one attached hydrogen (secondary N) is 1. The normalized spacial score (nSPS) is 18.6. The smallest absolute Gasteiger partial charge is 0.325 e. The third kappa shape index (κ3) is 3.07. The molecule has 6 nitrogen and oxygen atoms in total. The molecule has 1 N–H and O–H groups in total. The van der Waals surface area contributed by atoms with Crippen molar-refractivity contribution >= 4 is 22.7 Å². The summed E-state index contributed by atoms with van der Waals surface area (Å²) in [5.74, 6) is 0.409. The molecule has 1 aliphatic rings. The Morgan fingerprint density at radius 2 is 1.79 bits per heavy atom. The maximum absolute atomic E-state index is 13.2. The molecular weight excluding hydrogens is 366 g/mol. The Morgan fingerprint density at radius 1 is 1.07 bits per heavy atom. The molecule has 4 rings (SSSR count). The Bertz CT molecular complexity index is 1180. The highest BCUT2D eigenvalue weighted by Crippen LogP contribution is 2.32. The number of benzene rings is 3. The molecule has 1 atom stereocenters. The molecule has 0 unspecified atom stereocenters. The Morgan fingerprint density at radius 3 is 2.55 bits per heavy atom. The van der Waals surface area contributed by atoms with Crippen LogP contribution in [0.1, 0.15) is 23.6 Å². The van der Waals surface area contributed by atoms with E-state index in [9.17, 15) is 14.9 Å². The molecule has 144 valence electrons. The second-order valence-electron chi connectivity index (χ2n) is 7.14. The third-order valence-corrected chi connectivity index (χ3v) is 5.37. The molecule has 1 saturated heterocycles. The van der Waals surface area contributed by atoms with Crippen LogP contribution in [0.25, 0.3) is 10.8 Å². The first-order valence-corrected chi connectivity index (χ1v) is 9.16. The Balaban J connectivity index is 1.68. The molecule has 0 bridgehead atoms. The van der Waals surface area contributed by atoms with Gasteiger partial charge in [0.15, 0.2) is 0 Å². The summed E-state index contributed by atoms with van der Waals surface area (Å²) in [7, 11) is 1.61. The van der Waals surface area contributed by atoms with Gasteiger partial charge in [-0.3, -0.25) is 9.69 Å². The quantitative estimate of drug-likeness (QED) is 0.695. The lowest BCUT2D eigenvalue weighted by Gasteiger charge is -2.23. The number of imide groups is 1. The third-order valence-electron chi connectivity index (χ3n) is 5.37. The van der Waals surface area contributed by atoms with Gasteiger partial charge in [0.05, 0.1) is 25.3 Å². The fraction of sp³-hybridized carbons (Fsp3) is 0.174. The van der Waals surface area contributed by atoms with Crippen molar-refractivity contribution in [3.8, 4) is 11.8 Å². The van der Waals surface area contributed by atoms with Crippen molar-refractivity contribution in [3.63, 3.8) is 0 Å². The number of amides is 3. The van der Waals surface area contributed by atoms with Gasteiger partial charge in [-0.05, 0) is 53.1 Å². The first-order chi connectivity index (χ1) is 14.0. The van der Waals surface area contributed by atoms with E-state index < -0.39 is 11.6 Å². The van der Waals surface area contributed by atoms with Gasteiger partial charge in [-0.15, -0.1) is 0 Å². The van der Waals surface area contributed by atoms with E-state index in [1.165, 1.54) is 0 Å². The van der Waals surface area contributed by atoms with Crippen LogP contribution in [0.2, 0.25) is 0 Å². The number of fused-ring (bicyclic) bond motifs is 1. The fourth-order valence-corrected chi connectivity index (χ4v) is 3.64. The van der Waals surface area contributed by atoms with Gasteiger partial charge in [0.25, 0.3) is 5.91 Å². The second-order valence-corrected chi connectivity index (χ2v) is 7.14. The predicted molar refractivity (Wildman–Crippen MR) is 108 cm³/mol. The lowest BCUT2D eigenvalue weighted by molar-refractivity contribution is -0.131. The van der Waals surface area contributed by atoms with E-state index in [1.807, 2.05) is 36.4 Å². The molecule has 0 aliphatic carbocycles. The molecule has 1 heterocycles.